The highest BCUT2D eigenvalue weighted by atomic mass is 32.2. The van der Waals surface area contributed by atoms with Crippen molar-refractivity contribution in [3.63, 3.8) is 0 Å². The van der Waals surface area contributed by atoms with E-state index in [1.54, 1.807) is 4.68 Å². The second-order valence-corrected chi connectivity index (χ2v) is 8.49. The third-order valence-corrected chi connectivity index (χ3v) is 5.66. The van der Waals surface area contributed by atoms with E-state index in [-0.39, 0.29) is 24.1 Å². The van der Waals surface area contributed by atoms with Crippen LogP contribution < -0.4 is 10.6 Å². The van der Waals surface area contributed by atoms with Crippen LogP contribution in [0.4, 0.5) is 5.69 Å². The van der Waals surface area contributed by atoms with Gasteiger partial charge in [0.15, 0.2) is 0 Å². The average molecular weight is 439 g/mol. The molecule has 3 aromatic rings. The second-order valence-electron chi connectivity index (χ2n) is 7.55. The second kappa shape index (κ2) is 9.74. The van der Waals surface area contributed by atoms with Crippen molar-refractivity contribution in [1.29, 1.82) is 0 Å². The molecule has 0 saturated carbocycles. The van der Waals surface area contributed by atoms with Crippen LogP contribution in [-0.2, 0) is 9.59 Å². The fraction of sp³-hybridized carbons (Fsp3) is 0.318. The van der Waals surface area contributed by atoms with Crippen molar-refractivity contribution in [1.82, 2.24) is 25.5 Å². The van der Waals surface area contributed by atoms with Gasteiger partial charge in [0.2, 0.25) is 17.0 Å². The zero-order valence-corrected chi connectivity index (χ0v) is 19.1. The van der Waals surface area contributed by atoms with E-state index in [1.165, 1.54) is 11.8 Å². The molecule has 9 heteroatoms. The van der Waals surface area contributed by atoms with Crippen molar-refractivity contribution in [2.24, 2.45) is 0 Å². The number of aryl methyl sites for hydroxylation is 5. The lowest BCUT2D eigenvalue weighted by Gasteiger charge is -2.13. The smallest absolute Gasteiger partial charge is 0.243 e. The van der Waals surface area contributed by atoms with Gasteiger partial charge in [0, 0.05) is 5.69 Å². The van der Waals surface area contributed by atoms with Crippen LogP contribution in [0.3, 0.4) is 0 Å². The van der Waals surface area contributed by atoms with Crippen molar-refractivity contribution >= 4 is 29.3 Å². The van der Waals surface area contributed by atoms with Gasteiger partial charge in [-0.15, -0.1) is 5.10 Å². The number of benzene rings is 2. The number of carbonyl (C=O) groups is 2. The number of hydrogen-bond donors (Lipinski definition) is 2. The molecule has 0 spiro atoms. The topological polar surface area (TPSA) is 102 Å². The van der Waals surface area contributed by atoms with Crippen LogP contribution in [0.25, 0.3) is 5.69 Å². The molecular formula is C22H26N6O2S. The van der Waals surface area contributed by atoms with Crippen LogP contribution in [0.2, 0.25) is 0 Å². The van der Waals surface area contributed by atoms with Gasteiger partial charge in [-0.25, -0.2) is 0 Å². The molecule has 31 heavy (non-hydrogen) atoms. The lowest BCUT2D eigenvalue weighted by Crippen LogP contribution is -2.34. The highest BCUT2D eigenvalue weighted by Crippen LogP contribution is 2.22. The number of carbonyl (C=O) groups excluding carboxylic acids is 2. The molecule has 2 amide bonds. The number of aromatic nitrogens is 4. The molecule has 0 aliphatic heterocycles. The first-order valence-corrected chi connectivity index (χ1v) is 10.9. The summed E-state index contributed by atoms with van der Waals surface area (Å²) in [6, 6.07) is 10.0. The van der Waals surface area contributed by atoms with Crippen LogP contribution in [0.15, 0.2) is 35.5 Å². The Morgan fingerprint density at radius 1 is 0.935 bits per heavy atom. The van der Waals surface area contributed by atoms with Crippen molar-refractivity contribution in [2.45, 2.75) is 39.8 Å². The fourth-order valence-corrected chi connectivity index (χ4v) is 4.10. The number of amides is 2. The van der Waals surface area contributed by atoms with E-state index < -0.39 is 0 Å². The molecular weight excluding hydrogens is 412 g/mol. The zero-order valence-electron chi connectivity index (χ0n) is 18.3. The number of thioether (sulfide) groups is 1. The van der Waals surface area contributed by atoms with Gasteiger partial charge in [0.1, 0.15) is 0 Å². The monoisotopic (exact) mass is 438 g/mol. The molecule has 2 aromatic carbocycles. The first-order chi connectivity index (χ1) is 14.7. The Morgan fingerprint density at radius 2 is 1.61 bits per heavy atom. The molecule has 0 aliphatic rings. The Labute approximate surface area is 185 Å². The number of nitrogens with zero attached hydrogens (tertiary/aromatic N) is 4. The Kier molecular flexibility index (Phi) is 7.06. The van der Waals surface area contributed by atoms with Crippen molar-refractivity contribution < 1.29 is 9.59 Å². The largest absolute Gasteiger partial charge is 0.346 e. The molecule has 1 aromatic heterocycles. The maximum Gasteiger partial charge on any atom is 0.243 e. The molecule has 0 unspecified atom stereocenters. The van der Waals surface area contributed by atoms with Crippen molar-refractivity contribution in [3.05, 3.63) is 58.1 Å². The van der Waals surface area contributed by atoms with E-state index >= 15 is 0 Å². The van der Waals surface area contributed by atoms with Crippen LogP contribution in [0, 0.1) is 34.6 Å². The Bertz CT molecular complexity index is 1100. The van der Waals surface area contributed by atoms with Crippen LogP contribution >= 0.6 is 11.8 Å². The number of hydrogen-bond acceptors (Lipinski definition) is 6. The van der Waals surface area contributed by atoms with E-state index in [2.05, 4.69) is 26.2 Å². The molecule has 0 fully saturated rings. The third-order valence-electron chi connectivity index (χ3n) is 4.74. The summed E-state index contributed by atoms with van der Waals surface area (Å²) >= 11 is 1.21. The standard InChI is InChI=1S/C22H26N6O2S/c1-13-6-7-18(15(3)8-13)28-22(25-26-27-28)31-12-20(30)23-11-19(29)24-21-16(4)9-14(2)10-17(21)5/h6-10H,11-12H2,1-5H3,(H,23,30)(H,24,29). The Morgan fingerprint density at radius 3 is 2.29 bits per heavy atom. The van der Waals surface area contributed by atoms with E-state index in [1.807, 2.05) is 65.0 Å². The molecule has 8 nitrogen and oxygen atoms in total. The first kappa shape index (κ1) is 22.5. The molecule has 0 atom stereocenters. The number of tetrazole rings is 1. The van der Waals surface area contributed by atoms with Crippen LogP contribution in [-0.4, -0.2) is 44.3 Å². The summed E-state index contributed by atoms with van der Waals surface area (Å²) < 4.78 is 1.61. The summed E-state index contributed by atoms with van der Waals surface area (Å²) in [4.78, 5) is 24.5. The number of rotatable bonds is 7. The minimum Gasteiger partial charge on any atom is -0.346 e. The summed E-state index contributed by atoms with van der Waals surface area (Å²) in [7, 11) is 0. The molecule has 0 bridgehead atoms. The first-order valence-electron chi connectivity index (χ1n) is 9.88. The number of nitrogens with one attached hydrogen (secondary N) is 2. The highest BCUT2D eigenvalue weighted by molar-refractivity contribution is 7.99. The number of anilines is 1. The summed E-state index contributed by atoms with van der Waals surface area (Å²) in [6.07, 6.45) is 0. The lowest BCUT2D eigenvalue weighted by molar-refractivity contribution is -0.122. The molecule has 0 aliphatic carbocycles. The summed E-state index contributed by atoms with van der Waals surface area (Å²) in [5.74, 6) is -0.442. The molecule has 162 valence electrons. The predicted octanol–water partition coefficient (Wildman–Crippen LogP) is 3.05. The van der Waals surface area contributed by atoms with Crippen LogP contribution in [0.1, 0.15) is 27.8 Å². The molecule has 3 rings (SSSR count). The fourth-order valence-electron chi connectivity index (χ4n) is 3.38. The summed E-state index contributed by atoms with van der Waals surface area (Å²) in [5.41, 5.74) is 6.96. The maximum absolute atomic E-state index is 12.3. The SMILES string of the molecule is Cc1ccc(-n2nnnc2SCC(=O)NCC(=O)Nc2c(C)cc(C)cc2C)c(C)c1. The predicted molar refractivity (Wildman–Crippen MR) is 122 cm³/mol. The van der Waals surface area contributed by atoms with Gasteiger partial charge in [-0.1, -0.05) is 47.2 Å². The third kappa shape index (κ3) is 5.69. The zero-order chi connectivity index (χ0) is 22.5. The summed E-state index contributed by atoms with van der Waals surface area (Å²) in [5, 5.41) is 17.8. The lowest BCUT2D eigenvalue weighted by atomic mass is 10.1. The van der Waals surface area contributed by atoms with E-state index in [0.29, 0.717) is 5.16 Å². The van der Waals surface area contributed by atoms with Crippen molar-refractivity contribution in [2.75, 3.05) is 17.6 Å². The highest BCUT2D eigenvalue weighted by Gasteiger charge is 2.14. The van der Waals surface area contributed by atoms with E-state index in [0.717, 1.165) is 39.2 Å². The van der Waals surface area contributed by atoms with E-state index in [4.69, 9.17) is 0 Å². The molecule has 1 heterocycles. The Balaban J connectivity index is 1.54. The maximum atomic E-state index is 12.3. The van der Waals surface area contributed by atoms with Crippen LogP contribution in [0.5, 0.6) is 0 Å². The van der Waals surface area contributed by atoms with Gasteiger partial charge in [-0.2, -0.15) is 4.68 Å². The van der Waals surface area contributed by atoms with E-state index in [9.17, 15) is 9.59 Å². The average Bonchev–Trinajstić information content (AvgIpc) is 3.15. The molecule has 0 saturated heterocycles. The molecule has 0 radical (unpaired) electrons. The van der Waals surface area contributed by atoms with Gasteiger partial charge in [0.05, 0.1) is 18.0 Å². The molecule has 2 N–H and O–H groups in total. The van der Waals surface area contributed by atoms with Gasteiger partial charge >= 0.3 is 0 Å². The minimum absolute atomic E-state index is 0.0984. The quantitative estimate of drug-likeness (QED) is 0.550. The normalized spacial score (nSPS) is 10.7. The Hall–Kier alpha value is -3.20. The van der Waals surface area contributed by atoms with Gasteiger partial charge in [0.25, 0.3) is 0 Å². The van der Waals surface area contributed by atoms with Crippen molar-refractivity contribution in [3.8, 4) is 5.69 Å². The summed E-state index contributed by atoms with van der Waals surface area (Å²) in [6.45, 7) is 9.82. The van der Waals surface area contributed by atoms with Gasteiger partial charge < -0.3 is 10.6 Å². The van der Waals surface area contributed by atoms with Gasteiger partial charge in [-0.05, 0) is 67.8 Å². The minimum atomic E-state index is -0.271. The van der Waals surface area contributed by atoms with Gasteiger partial charge in [-0.3, -0.25) is 9.59 Å².